The molecule has 23 heavy (non-hydrogen) atoms. The summed E-state index contributed by atoms with van der Waals surface area (Å²) in [4.78, 5) is 2.47. The van der Waals surface area contributed by atoms with Crippen LogP contribution in [-0.2, 0) is 0 Å². The number of anilines is 2. The van der Waals surface area contributed by atoms with E-state index in [1.54, 1.807) is 0 Å². The van der Waals surface area contributed by atoms with Gasteiger partial charge in [-0.1, -0.05) is 35.4 Å². The number of aryl methyl sites for hydroxylation is 6. The lowest BCUT2D eigenvalue weighted by molar-refractivity contribution is 0.810. The molecule has 0 atom stereocenters. The lowest BCUT2D eigenvalue weighted by Crippen LogP contribution is -2.24. The number of hydrogen-bond donors (Lipinski definition) is 1. The maximum atomic E-state index is 5.81. The molecule has 0 aliphatic rings. The van der Waals surface area contributed by atoms with Crippen LogP contribution in [0.1, 0.15) is 39.8 Å². The molecule has 0 heterocycles. The predicted octanol–water partition coefficient (Wildman–Crippen LogP) is 5.02. The summed E-state index contributed by atoms with van der Waals surface area (Å²) in [7, 11) is 0. The number of hydrogen-bond acceptors (Lipinski definition) is 2. The van der Waals surface area contributed by atoms with E-state index in [9.17, 15) is 0 Å². The molecule has 0 saturated carbocycles. The van der Waals surface area contributed by atoms with Crippen molar-refractivity contribution in [3.63, 3.8) is 0 Å². The van der Waals surface area contributed by atoms with Crippen LogP contribution in [0.25, 0.3) is 0 Å². The van der Waals surface area contributed by atoms with E-state index in [0.717, 1.165) is 13.0 Å². The summed E-state index contributed by atoms with van der Waals surface area (Å²) in [5.41, 5.74) is 16.4. The van der Waals surface area contributed by atoms with Crippen molar-refractivity contribution < 1.29 is 0 Å². The molecule has 0 saturated heterocycles. The Morgan fingerprint density at radius 1 is 0.696 bits per heavy atom. The summed E-state index contributed by atoms with van der Waals surface area (Å²) in [6.07, 6.45) is 0.986. The fourth-order valence-electron chi connectivity index (χ4n) is 3.78. The number of benzene rings is 2. The number of nitrogens with two attached hydrogens (primary N) is 1. The topological polar surface area (TPSA) is 29.3 Å². The summed E-state index contributed by atoms with van der Waals surface area (Å²) in [5, 5.41) is 0. The summed E-state index contributed by atoms with van der Waals surface area (Å²) in [6.45, 7) is 14.8. The third-order valence-corrected chi connectivity index (χ3v) is 4.40. The van der Waals surface area contributed by atoms with Crippen LogP contribution in [0.3, 0.4) is 0 Å². The highest BCUT2D eigenvalue weighted by Gasteiger charge is 2.18. The van der Waals surface area contributed by atoms with Gasteiger partial charge in [-0.2, -0.15) is 0 Å². The second-order valence-electron chi connectivity index (χ2n) is 6.79. The van der Waals surface area contributed by atoms with Gasteiger partial charge in [0.1, 0.15) is 0 Å². The highest BCUT2D eigenvalue weighted by molar-refractivity contribution is 5.74. The van der Waals surface area contributed by atoms with Gasteiger partial charge in [0.05, 0.1) is 0 Å². The van der Waals surface area contributed by atoms with Crippen molar-refractivity contribution in [3.05, 3.63) is 57.6 Å². The average Bonchev–Trinajstić information content (AvgIpc) is 2.41. The lowest BCUT2D eigenvalue weighted by atomic mass is 9.99. The minimum Gasteiger partial charge on any atom is -0.341 e. The minimum absolute atomic E-state index is 0.713. The molecule has 0 spiro atoms. The molecule has 124 valence electrons. The van der Waals surface area contributed by atoms with Gasteiger partial charge in [0.25, 0.3) is 0 Å². The van der Waals surface area contributed by atoms with Gasteiger partial charge in [-0.25, -0.2) is 0 Å². The van der Waals surface area contributed by atoms with E-state index in [-0.39, 0.29) is 0 Å². The third-order valence-electron chi connectivity index (χ3n) is 4.40. The van der Waals surface area contributed by atoms with Gasteiger partial charge in [-0.15, -0.1) is 0 Å². The van der Waals surface area contributed by atoms with Gasteiger partial charge in [0.15, 0.2) is 0 Å². The van der Waals surface area contributed by atoms with Gasteiger partial charge in [-0.05, 0) is 76.8 Å². The molecule has 2 rings (SSSR count). The zero-order chi connectivity index (χ0) is 17.1. The molecule has 2 nitrogen and oxygen atoms in total. The van der Waals surface area contributed by atoms with E-state index in [2.05, 4.69) is 70.7 Å². The first-order valence-corrected chi connectivity index (χ1v) is 8.48. The largest absolute Gasteiger partial charge is 0.341 e. The zero-order valence-electron chi connectivity index (χ0n) is 15.5. The van der Waals surface area contributed by atoms with Crippen LogP contribution in [-0.4, -0.2) is 13.1 Å². The molecule has 2 heteroatoms. The van der Waals surface area contributed by atoms with Gasteiger partial charge >= 0.3 is 0 Å². The van der Waals surface area contributed by atoms with Gasteiger partial charge < -0.3 is 10.6 Å². The van der Waals surface area contributed by atoms with Gasteiger partial charge in [0.2, 0.25) is 0 Å². The van der Waals surface area contributed by atoms with E-state index < -0.39 is 0 Å². The molecule has 0 aliphatic carbocycles. The molecular formula is C21H30N2. The average molecular weight is 310 g/mol. The molecular weight excluding hydrogens is 280 g/mol. The van der Waals surface area contributed by atoms with E-state index in [1.807, 2.05) is 0 Å². The standard InChI is InChI=1S/C21H30N2/c1-14-10-16(3)20(17(4)11-14)23(9-7-8-22)21-18(5)12-15(2)13-19(21)6/h10-13H,7-9,22H2,1-6H3. The Bertz CT molecular complexity index is 597. The highest BCUT2D eigenvalue weighted by atomic mass is 15.1. The molecule has 0 aliphatic heterocycles. The molecule has 0 radical (unpaired) electrons. The Balaban J connectivity index is 2.64. The summed E-state index contributed by atoms with van der Waals surface area (Å²) in [5.74, 6) is 0. The second-order valence-corrected chi connectivity index (χ2v) is 6.79. The maximum absolute atomic E-state index is 5.81. The SMILES string of the molecule is Cc1cc(C)c(N(CCCN)c2c(C)cc(C)cc2C)c(C)c1. The van der Waals surface area contributed by atoms with Crippen LogP contribution in [0.4, 0.5) is 11.4 Å². The first-order chi connectivity index (χ1) is 10.8. The Labute approximate surface area is 141 Å². The molecule has 0 unspecified atom stereocenters. The highest BCUT2D eigenvalue weighted by Crippen LogP contribution is 2.36. The minimum atomic E-state index is 0.713. The van der Waals surface area contributed by atoms with Crippen molar-refractivity contribution in [1.82, 2.24) is 0 Å². The van der Waals surface area contributed by atoms with Crippen molar-refractivity contribution >= 4 is 11.4 Å². The van der Waals surface area contributed by atoms with E-state index in [1.165, 1.54) is 44.8 Å². The van der Waals surface area contributed by atoms with Crippen LogP contribution in [0.15, 0.2) is 24.3 Å². The predicted molar refractivity (Wildman–Crippen MR) is 102 cm³/mol. The number of nitrogens with zero attached hydrogens (tertiary/aromatic N) is 1. The first-order valence-electron chi connectivity index (χ1n) is 8.48. The maximum Gasteiger partial charge on any atom is 0.0470 e. The molecule has 2 N–H and O–H groups in total. The molecule has 2 aromatic rings. The van der Waals surface area contributed by atoms with Crippen molar-refractivity contribution in [2.24, 2.45) is 5.73 Å². The monoisotopic (exact) mass is 310 g/mol. The fourth-order valence-corrected chi connectivity index (χ4v) is 3.78. The van der Waals surface area contributed by atoms with Crippen LogP contribution in [0, 0.1) is 41.5 Å². The molecule has 0 amide bonds. The van der Waals surface area contributed by atoms with Crippen LogP contribution >= 0.6 is 0 Å². The molecule has 0 bridgehead atoms. The smallest absolute Gasteiger partial charge is 0.0470 e. The summed E-state index contributed by atoms with van der Waals surface area (Å²) < 4.78 is 0. The molecule has 0 fully saturated rings. The lowest BCUT2D eigenvalue weighted by Gasteiger charge is -2.31. The van der Waals surface area contributed by atoms with Crippen molar-refractivity contribution in [3.8, 4) is 0 Å². The Morgan fingerprint density at radius 3 is 1.35 bits per heavy atom. The summed E-state index contributed by atoms with van der Waals surface area (Å²) >= 11 is 0. The van der Waals surface area contributed by atoms with Crippen molar-refractivity contribution in [1.29, 1.82) is 0 Å². The fraction of sp³-hybridized carbons (Fsp3) is 0.429. The number of rotatable bonds is 5. The van der Waals surface area contributed by atoms with E-state index >= 15 is 0 Å². The Kier molecular flexibility index (Phi) is 5.48. The van der Waals surface area contributed by atoms with Crippen molar-refractivity contribution in [2.45, 2.75) is 48.0 Å². The quantitative estimate of drug-likeness (QED) is 0.839. The first kappa shape index (κ1) is 17.6. The van der Waals surface area contributed by atoms with Gasteiger partial charge in [0, 0.05) is 17.9 Å². The van der Waals surface area contributed by atoms with Gasteiger partial charge in [-0.3, -0.25) is 0 Å². The second kappa shape index (κ2) is 7.18. The van der Waals surface area contributed by atoms with Crippen LogP contribution in [0.5, 0.6) is 0 Å². The molecule has 0 aromatic heterocycles. The molecule has 2 aromatic carbocycles. The van der Waals surface area contributed by atoms with E-state index in [0.29, 0.717) is 6.54 Å². The zero-order valence-corrected chi connectivity index (χ0v) is 15.5. The normalized spacial score (nSPS) is 10.9. The van der Waals surface area contributed by atoms with Crippen molar-refractivity contribution in [2.75, 3.05) is 18.0 Å². The Morgan fingerprint density at radius 2 is 1.04 bits per heavy atom. The van der Waals surface area contributed by atoms with E-state index in [4.69, 9.17) is 5.73 Å². The summed E-state index contributed by atoms with van der Waals surface area (Å²) in [6, 6.07) is 9.10. The Hall–Kier alpha value is -1.80. The third kappa shape index (κ3) is 3.76. The van der Waals surface area contributed by atoms with Crippen LogP contribution in [0.2, 0.25) is 0 Å². The van der Waals surface area contributed by atoms with Crippen LogP contribution < -0.4 is 10.6 Å².